The highest BCUT2D eigenvalue weighted by molar-refractivity contribution is 7.21. The van der Waals surface area contributed by atoms with Crippen LogP contribution in [0.1, 0.15) is 86.7 Å². The van der Waals surface area contributed by atoms with Crippen LogP contribution in [0.2, 0.25) is 0 Å². The predicted octanol–water partition coefficient (Wildman–Crippen LogP) is 6.22. The molecule has 142 valence electrons. The highest BCUT2D eigenvalue weighted by atomic mass is 32.1. The second-order valence-corrected chi connectivity index (χ2v) is 8.83. The van der Waals surface area contributed by atoms with Crippen LogP contribution >= 0.6 is 11.3 Å². The van der Waals surface area contributed by atoms with Gasteiger partial charge in [0.15, 0.2) is 5.78 Å². The van der Waals surface area contributed by atoms with Crippen molar-refractivity contribution < 1.29 is 15.0 Å². The number of ketones is 1. The number of hydrogen-bond donors (Lipinski definition) is 2. The van der Waals surface area contributed by atoms with Gasteiger partial charge in [0.05, 0.1) is 5.60 Å². The normalized spacial score (nSPS) is 19.6. The smallest absolute Gasteiger partial charge is 0.179 e. The molecule has 0 atom stereocenters. The summed E-state index contributed by atoms with van der Waals surface area (Å²) in [6.07, 6.45) is 12.0. The predicted molar refractivity (Wildman–Crippen MR) is 108 cm³/mol. The molecule has 3 rings (SSSR count). The zero-order valence-corrected chi connectivity index (χ0v) is 16.3. The van der Waals surface area contributed by atoms with E-state index in [0.29, 0.717) is 17.7 Å². The van der Waals surface area contributed by atoms with E-state index >= 15 is 0 Å². The minimum absolute atomic E-state index is 0.0763. The molecule has 2 aromatic rings. The lowest BCUT2D eigenvalue weighted by atomic mass is 9.84. The monoisotopic (exact) mass is 374 g/mol. The molecule has 26 heavy (non-hydrogen) atoms. The maximum absolute atomic E-state index is 12.9. The van der Waals surface area contributed by atoms with E-state index in [4.69, 9.17) is 0 Å². The fourth-order valence-corrected chi connectivity index (χ4v) is 5.08. The van der Waals surface area contributed by atoms with Crippen LogP contribution in [-0.4, -0.2) is 21.6 Å². The summed E-state index contributed by atoms with van der Waals surface area (Å²) in [4.78, 5) is 13.3. The second kappa shape index (κ2) is 9.01. The molecular formula is C22H30O3S. The Hall–Kier alpha value is -1.39. The van der Waals surface area contributed by atoms with Gasteiger partial charge < -0.3 is 10.2 Å². The molecule has 1 aromatic carbocycles. The zero-order chi connectivity index (χ0) is 18.4. The third-order valence-corrected chi connectivity index (χ3v) is 6.80. The zero-order valence-electron chi connectivity index (χ0n) is 15.5. The molecular weight excluding hydrogens is 344 g/mol. The first-order valence-electron chi connectivity index (χ1n) is 10.1. The van der Waals surface area contributed by atoms with Crippen molar-refractivity contribution in [1.29, 1.82) is 0 Å². The van der Waals surface area contributed by atoms with Crippen LogP contribution in [-0.2, 0) is 0 Å². The van der Waals surface area contributed by atoms with Gasteiger partial charge in [0.1, 0.15) is 10.6 Å². The summed E-state index contributed by atoms with van der Waals surface area (Å²) in [7, 11) is 0. The van der Waals surface area contributed by atoms with Crippen molar-refractivity contribution in [2.45, 2.75) is 82.7 Å². The first-order valence-corrected chi connectivity index (χ1v) is 10.9. The van der Waals surface area contributed by atoms with Gasteiger partial charge in [-0.15, -0.1) is 11.3 Å². The average Bonchev–Trinajstić information content (AvgIpc) is 2.96. The van der Waals surface area contributed by atoms with Crippen molar-refractivity contribution in [1.82, 2.24) is 0 Å². The lowest BCUT2D eigenvalue weighted by Gasteiger charge is -2.28. The number of rotatable bonds is 3. The van der Waals surface area contributed by atoms with E-state index in [2.05, 4.69) is 0 Å². The highest BCUT2D eigenvalue weighted by Crippen LogP contribution is 2.39. The van der Waals surface area contributed by atoms with Crippen LogP contribution in [0.25, 0.3) is 10.1 Å². The number of hydrogen-bond acceptors (Lipinski definition) is 4. The second-order valence-electron chi connectivity index (χ2n) is 7.78. The SMILES string of the molecule is O=C(CC1(O)CCCCCCCCCCC1)c1sc2ccccc2c1O. The van der Waals surface area contributed by atoms with Crippen molar-refractivity contribution >= 4 is 27.2 Å². The summed E-state index contributed by atoms with van der Waals surface area (Å²) >= 11 is 1.33. The van der Waals surface area contributed by atoms with Crippen molar-refractivity contribution in [2.75, 3.05) is 0 Å². The van der Waals surface area contributed by atoms with Gasteiger partial charge >= 0.3 is 0 Å². The first kappa shape index (κ1) is 19.4. The summed E-state index contributed by atoms with van der Waals surface area (Å²) in [5.74, 6) is -0.0503. The van der Waals surface area contributed by atoms with Gasteiger partial charge in [-0.1, -0.05) is 69.9 Å². The summed E-state index contributed by atoms with van der Waals surface area (Å²) in [5.41, 5.74) is -0.932. The van der Waals surface area contributed by atoms with Crippen LogP contribution in [0.3, 0.4) is 0 Å². The summed E-state index contributed by atoms with van der Waals surface area (Å²) in [6, 6.07) is 7.53. The number of carbonyl (C=O) groups is 1. The van der Waals surface area contributed by atoms with E-state index in [1.807, 2.05) is 24.3 Å². The standard InChI is InChI=1S/C22H30O3S/c23-18(21-20(24)17-12-8-9-13-19(17)26-21)16-22(25)14-10-6-4-2-1-3-5-7-11-15-22/h8-9,12-13,24-25H,1-7,10-11,14-16H2. The largest absolute Gasteiger partial charge is 0.506 e. The molecule has 1 fully saturated rings. The molecule has 0 aliphatic heterocycles. The summed E-state index contributed by atoms with van der Waals surface area (Å²) < 4.78 is 0.916. The fourth-order valence-electron chi connectivity index (χ4n) is 4.05. The molecule has 1 aliphatic carbocycles. The fraction of sp³-hybridized carbons (Fsp3) is 0.591. The van der Waals surface area contributed by atoms with E-state index < -0.39 is 5.60 Å². The van der Waals surface area contributed by atoms with E-state index in [1.54, 1.807) is 0 Å². The van der Waals surface area contributed by atoms with Gasteiger partial charge in [-0.25, -0.2) is 0 Å². The van der Waals surface area contributed by atoms with Crippen molar-refractivity contribution in [3.63, 3.8) is 0 Å². The lowest BCUT2D eigenvalue weighted by molar-refractivity contribution is 0.0120. The molecule has 0 unspecified atom stereocenters. The Bertz CT molecular complexity index is 722. The molecule has 0 bridgehead atoms. The number of Topliss-reactive ketones (excluding diaryl/α,β-unsaturated/α-hetero) is 1. The number of thiophene rings is 1. The molecule has 4 heteroatoms. The Morgan fingerprint density at radius 3 is 2.04 bits per heavy atom. The van der Waals surface area contributed by atoms with Gasteiger partial charge in [0.2, 0.25) is 0 Å². The molecule has 1 saturated carbocycles. The van der Waals surface area contributed by atoms with Crippen LogP contribution in [0.15, 0.2) is 24.3 Å². The summed E-state index contributed by atoms with van der Waals surface area (Å²) in [5, 5.41) is 22.3. The molecule has 3 nitrogen and oxygen atoms in total. The summed E-state index contributed by atoms with van der Waals surface area (Å²) in [6.45, 7) is 0. The van der Waals surface area contributed by atoms with Crippen LogP contribution < -0.4 is 0 Å². The Morgan fingerprint density at radius 1 is 0.923 bits per heavy atom. The van der Waals surface area contributed by atoms with Crippen molar-refractivity contribution in [2.24, 2.45) is 0 Å². The Kier molecular flexibility index (Phi) is 6.71. The van der Waals surface area contributed by atoms with E-state index in [-0.39, 0.29) is 18.0 Å². The molecule has 0 radical (unpaired) electrons. The number of aromatic hydroxyl groups is 1. The van der Waals surface area contributed by atoms with Gasteiger partial charge in [-0.3, -0.25) is 4.79 Å². The van der Waals surface area contributed by atoms with E-state index in [0.717, 1.165) is 35.8 Å². The minimum atomic E-state index is -0.932. The maximum Gasteiger partial charge on any atom is 0.179 e. The van der Waals surface area contributed by atoms with Crippen molar-refractivity contribution in [3.8, 4) is 5.75 Å². The van der Waals surface area contributed by atoms with Crippen LogP contribution in [0, 0.1) is 0 Å². The maximum atomic E-state index is 12.9. The molecule has 1 aliphatic rings. The molecule has 0 amide bonds. The van der Waals surface area contributed by atoms with E-state index in [9.17, 15) is 15.0 Å². The highest BCUT2D eigenvalue weighted by Gasteiger charge is 2.31. The number of carbonyl (C=O) groups excluding carboxylic acids is 1. The lowest BCUT2D eigenvalue weighted by Crippen LogP contribution is -2.32. The third-order valence-electron chi connectivity index (χ3n) is 5.60. The first-order chi connectivity index (χ1) is 12.6. The Labute approximate surface area is 160 Å². The topological polar surface area (TPSA) is 57.5 Å². The molecule has 0 saturated heterocycles. The third kappa shape index (κ3) is 4.86. The molecule has 1 aromatic heterocycles. The number of benzene rings is 1. The Morgan fingerprint density at radius 2 is 1.46 bits per heavy atom. The number of fused-ring (bicyclic) bond motifs is 1. The van der Waals surface area contributed by atoms with E-state index in [1.165, 1.54) is 43.4 Å². The quantitative estimate of drug-likeness (QED) is 0.627. The van der Waals surface area contributed by atoms with Crippen molar-refractivity contribution in [3.05, 3.63) is 29.1 Å². The molecule has 0 spiro atoms. The minimum Gasteiger partial charge on any atom is -0.506 e. The molecule has 1 heterocycles. The Balaban J connectivity index is 1.72. The molecule has 2 N–H and O–H groups in total. The average molecular weight is 375 g/mol. The van der Waals surface area contributed by atoms with Gasteiger partial charge in [0.25, 0.3) is 0 Å². The van der Waals surface area contributed by atoms with Gasteiger partial charge in [0, 0.05) is 16.5 Å². The van der Waals surface area contributed by atoms with Gasteiger partial charge in [-0.2, -0.15) is 0 Å². The van der Waals surface area contributed by atoms with Gasteiger partial charge in [-0.05, 0) is 25.0 Å². The van der Waals surface area contributed by atoms with Crippen LogP contribution in [0.5, 0.6) is 5.75 Å². The number of aliphatic hydroxyl groups is 1. The van der Waals surface area contributed by atoms with Crippen LogP contribution in [0.4, 0.5) is 0 Å².